The average molecular weight is 611 g/mol. The molecule has 8 nitrogen and oxygen atoms in total. The first-order valence-corrected chi connectivity index (χ1v) is 13.1. The molecule has 0 bridgehead atoms. The second-order valence-corrected chi connectivity index (χ2v) is 12.6. The van der Waals surface area contributed by atoms with Crippen molar-refractivity contribution in [1.29, 1.82) is 0 Å². The molecule has 0 spiro atoms. The molecule has 0 heterocycles. The molecule has 2 N–H and O–H groups in total. The molecule has 0 fully saturated rings. The number of carboxylic acid groups (broad SMARTS) is 1. The van der Waals surface area contributed by atoms with Crippen LogP contribution >= 0.6 is 58.0 Å². The number of halogens is 5. The zero-order chi connectivity index (χ0) is 26.6. The Hall–Kier alpha value is -1.01. The standard InChI is InChI=1S/C21H21Cl5O8S/c1-12(2)33-19(18(27)28)34-16-3-5-17(6-4-16)35(30,31)32-11-20(29,10-21(24,25)26)13-7-14(22)9-15(23)8-13/h3-9,12,19,29H,10-11H2,1-2H3,(H,27,28). The molecular formula is C21H21Cl5O8S. The molecule has 2 rings (SSSR count). The van der Waals surface area contributed by atoms with Gasteiger partial charge in [0.05, 0.1) is 17.6 Å². The summed E-state index contributed by atoms with van der Waals surface area (Å²) in [6, 6.07) is 8.78. The summed E-state index contributed by atoms with van der Waals surface area (Å²) in [6.45, 7) is 2.43. The van der Waals surface area contributed by atoms with Crippen LogP contribution in [0.2, 0.25) is 10.0 Å². The fourth-order valence-electron chi connectivity index (χ4n) is 2.83. The van der Waals surface area contributed by atoms with Crippen LogP contribution in [0.5, 0.6) is 5.75 Å². The molecule has 0 radical (unpaired) electrons. The number of carboxylic acids is 1. The molecule has 2 aromatic carbocycles. The van der Waals surface area contributed by atoms with E-state index in [0.29, 0.717) is 0 Å². The maximum absolute atomic E-state index is 12.8. The molecular weight excluding hydrogens is 590 g/mol. The normalized spacial score (nSPS) is 15.0. The van der Waals surface area contributed by atoms with Gasteiger partial charge in [0.2, 0.25) is 0 Å². The molecule has 2 atom stereocenters. The predicted molar refractivity (Wildman–Crippen MR) is 133 cm³/mol. The van der Waals surface area contributed by atoms with Gasteiger partial charge in [0.1, 0.15) is 11.4 Å². The molecule has 2 aromatic rings. The molecule has 0 saturated heterocycles. The van der Waals surface area contributed by atoms with Gasteiger partial charge in [-0.1, -0.05) is 58.0 Å². The quantitative estimate of drug-likeness (QED) is 0.193. The van der Waals surface area contributed by atoms with Crippen LogP contribution in [-0.2, 0) is 29.4 Å². The topological polar surface area (TPSA) is 119 Å². The number of ether oxygens (including phenoxy) is 2. The van der Waals surface area contributed by atoms with Gasteiger partial charge in [-0.15, -0.1) is 0 Å². The summed E-state index contributed by atoms with van der Waals surface area (Å²) in [5.74, 6) is -1.31. The van der Waals surface area contributed by atoms with E-state index >= 15 is 0 Å². The van der Waals surface area contributed by atoms with Crippen LogP contribution in [0.3, 0.4) is 0 Å². The summed E-state index contributed by atoms with van der Waals surface area (Å²) < 4.78 is 39.0. The van der Waals surface area contributed by atoms with Crippen LogP contribution in [0.25, 0.3) is 0 Å². The highest BCUT2D eigenvalue weighted by Gasteiger charge is 2.40. The molecule has 35 heavy (non-hydrogen) atoms. The van der Waals surface area contributed by atoms with Crippen molar-refractivity contribution in [2.75, 3.05) is 6.61 Å². The molecule has 0 saturated carbocycles. The fourth-order valence-corrected chi connectivity index (χ4v) is 4.97. The highest BCUT2D eigenvalue weighted by molar-refractivity contribution is 7.86. The van der Waals surface area contributed by atoms with Gasteiger partial charge in [0.15, 0.2) is 3.79 Å². The van der Waals surface area contributed by atoms with Crippen molar-refractivity contribution in [2.45, 2.75) is 47.0 Å². The van der Waals surface area contributed by atoms with Crippen LogP contribution in [0, 0.1) is 0 Å². The van der Waals surface area contributed by atoms with Crippen LogP contribution in [0.1, 0.15) is 25.8 Å². The van der Waals surface area contributed by atoms with Crippen molar-refractivity contribution in [2.24, 2.45) is 0 Å². The molecule has 0 aliphatic carbocycles. The van der Waals surface area contributed by atoms with Gasteiger partial charge in [0, 0.05) is 16.5 Å². The largest absolute Gasteiger partial charge is 0.477 e. The number of alkyl halides is 3. The van der Waals surface area contributed by atoms with Crippen molar-refractivity contribution in [1.82, 2.24) is 0 Å². The van der Waals surface area contributed by atoms with Crippen molar-refractivity contribution >= 4 is 74.1 Å². The van der Waals surface area contributed by atoms with Crippen molar-refractivity contribution < 1.29 is 37.1 Å². The second kappa shape index (κ2) is 12.0. The third-order valence-electron chi connectivity index (χ3n) is 4.30. The van der Waals surface area contributed by atoms with E-state index in [0.717, 1.165) is 12.1 Å². The summed E-state index contributed by atoms with van der Waals surface area (Å²) >= 11 is 29.6. The summed E-state index contributed by atoms with van der Waals surface area (Å²) in [4.78, 5) is 11.0. The Morgan fingerprint density at radius 1 is 1.03 bits per heavy atom. The molecule has 0 aromatic heterocycles. The van der Waals surface area contributed by atoms with Gasteiger partial charge in [-0.2, -0.15) is 8.42 Å². The Morgan fingerprint density at radius 2 is 1.57 bits per heavy atom. The summed E-state index contributed by atoms with van der Waals surface area (Å²) in [5.41, 5.74) is -2.02. The number of carbonyl (C=O) groups is 1. The van der Waals surface area contributed by atoms with E-state index in [-0.39, 0.29) is 26.3 Å². The predicted octanol–water partition coefficient (Wildman–Crippen LogP) is 5.56. The lowest BCUT2D eigenvalue weighted by Crippen LogP contribution is -2.37. The number of rotatable bonds is 11. The summed E-state index contributed by atoms with van der Waals surface area (Å²) in [5, 5.41) is 20.7. The van der Waals surface area contributed by atoms with Crippen LogP contribution in [-0.4, -0.2) is 47.4 Å². The number of aliphatic hydroxyl groups is 1. The first kappa shape index (κ1) is 30.2. The van der Waals surface area contributed by atoms with E-state index in [1.54, 1.807) is 13.8 Å². The van der Waals surface area contributed by atoms with Crippen LogP contribution in [0.15, 0.2) is 47.4 Å². The van der Waals surface area contributed by atoms with Crippen molar-refractivity contribution in [3.05, 3.63) is 58.1 Å². The van der Waals surface area contributed by atoms with E-state index in [9.17, 15) is 23.4 Å². The maximum Gasteiger partial charge on any atom is 0.373 e. The fraction of sp³-hybridized carbons (Fsp3) is 0.381. The Morgan fingerprint density at radius 3 is 2.03 bits per heavy atom. The zero-order valence-electron chi connectivity index (χ0n) is 18.3. The van der Waals surface area contributed by atoms with E-state index in [1.807, 2.05) is 0 Å². The lowest BCUT2D eigenvalue weighted by atomic mass is 9.92. The molecule has 2 unspecified atom stereocenters. The Balaban J connectivity index is 2.24. The second-order valence-electron chi connectivity index (χ2n) is 7.64. The molecule has 194 valence electrons. The van der Waals surface area contributed by atoms with E-state index in [1.165, 1.54) is 30.3 Å². The Bertz CT molecular complexity index is 1120. The molecule has 0 amide bonds. The third-order valence-corrected chi connectivity index (χ3v) is 6.41. The number of hydrogen-bond donors (Lipinski definition) is 2. The SMILES string of the molecule is CC(C)OC(Oc1ccc(S(=O)(=O)OCC(O)(CC(Cl)(Cl)Cl)c2cc(Cl)cc(Cl)c2)cc1)C(=O)O. The molecule has 14 heteroatoms. The number of hydrogen-bond acceptors (Lipinski definition) is 7. The highest BCUT2D eigenvalue weighted by atomic mass is 35.6. The van der Waals surface area contributed by atoms with Gasteiger partial charge in [-0.3, -0.25) is 4.18 Å². The van der Waals surface area contributed by atoms with Crippen molar-refractivity contribution in [3.63, 3.8) is 0 Å². The van der Waals surface area contributed by atoms with Gasteiger partial charge < -0.3 is 19.7 Å². The van der Waals surface area contributed by atoms with Gasteiger partial charge in [0.25, 0.3) is 16.4 Å². The lowest BCUT2D eigenvalue weighted by molar-refractivity contribution is -0.177. The molecule has 0 aliphatic rings. The monoisotopic (exact) mass is 608 g/mol. The average Bonchev–Trinajstić information content (AvgIpc) is 2.70. The first-order chi connectivity index (χ1) is 16.0. The van der Waals surface area contributed by atoms with E-state index in [4.69, 9.17) is 71.7 Å². The smallest absolute Gasteiger partial charge is 0.373 e. The highest BCUT2D eigenvalue weighted by Crippen LogP contribution is 2.41. The minimum absolute atomic E-state index is 0.0401. The minimum atomic E-state index is -4.42. The zero-order valence-corrected chi connectivity index (χ0v) is 22.8. The van der Waals surface area contributed by atoms with Crippen LogP contribution in [0.4, 0.5) is 0 Å². The van der Waals surface area contributed by atoms with E-state index < -0.39 is 50.9 Å². The lowest BCUT2D eigenvalue weighted by Gasteiger charge is -2.31. The number of benzene rings is 2. The first-order valence-electron chi connectivity index (χ1n) is 9.81. The summed E-state index contributed by atoms with van der Waals surface area (Å²) in [7, 11) is -4.42. The minimum Gasteiger partial charge on any atom is -0.477 e. The molecule has 0 aliphatic heterocycles. The van der Waals surface area contributed by atoms with E-state index in [2.05, 4.69) is 0 Å². The van der Waals surface area contributed by atoms with Gasteiger partial charge in [-0.05, 0) is 61.9 Å². The third kappa shape index (κ3) is 9.42. The number of aliphatic carboxylic acids is 1. The van der Waals surface area contributed by atoms with Gasteiger partial charge >= 0.3 is 5.97 Å². The summed E-state index contributed by atoms with van der Waals surface area (Å²) in [6.07, 6.45) is -2.56. The van der Waals surface area contributed by atoms with Crippen molar-refractivity contribution in [3.8, 4) is 5.75 Å². The maximum atomic E-state index is 12.8. The van der Waals surface area contributed by atoms with Gasteiger partial charge in [-0.25, -0.2) is 4.79 Å². The Labute approximate surface area is 227 Å². The van der Waals surface area contributed by atoms with Crippen LogP contribution < -0.4 is 4.74 Å². The Kier molecular flexibility index (Phi) is 10.4.